The molecule has 1 amide bonds. The van der Waals surface area contributed by atoms with Crippen LogP contribution < -0.4 is 0 Å². The number of hydrogen-bond acceptors (Lipinski definition) is 2. The molecule has 1 atom stereocenters. The standard InChI is InChI=1S/C16H21NO3/c1-4-11(2)17(12(3)18)16(15(19)20)9-13-7-5-6-8-14(13)10-16/h5-8,11H,4,9-10H2,1-3H3,(H,19,20). The summed E-state index contributed by atoms with van der Waals surface area (Å²) in [5.41, 5.74) is 0.930. The number of aliphatic carboxylic acids is 1. The SMILES string of the molecule is CCC(C)N(C(C)=O)C1(C(=O)O)Cc2ccccc2C1. The average Bonchev–Trinajstić information content (AvgIpc) is 2.78. The van der Waals surface area contributed by atoms with Gasteiger partial charge in [0.1, 0.15) is 5.54 Å². The van der Waals surface area contributed by atoms with Crippen molar-refractivity contribution in [3.63, 3.8) is 0 Å². The summed E-state index contributed by atoms with van der Waals surface area (Å²) in [6.45, 7) is 5.34. The third-order valence-corrected chi connectivity index (χ3v) is 4.31. The van der Waals surface area contributed by atoms with E-state index in [1.807, 2.05) is 38.1 Å². The van der Waals surface area contributed by atoms with Gasteiger partial charge in [0.25, 0.3) is 0 Å². The maximum absolute atomic E-state index is 12.1. The number of amides is 1. The Hall–Kier alpha value is -1.84. The number of fused-ring (bicyclic) bond motifs is 1. The first-order valence-corrected chi connectivity index (χ1v) is 7.02. The molecule has 0 heterocycles. The minimum absolute atomic E-state index is 0.0853. The van der Waals surface area contributed by atoms with Gasteiger partial charge in [0.2, 0.25) is 5.91 Å². The van der Waals surface area contributed by atoms with E-state index < -0.39 is 11.5 Å². The molecular weight excluding hydrogens is 254 g/mol. The molecule has 0 spiro atoms. The van der Waals surface area contributed by atoms with Gasteiger partial charge in [0.15, 0.2) is 0 Å². The van der Waals surface area contributed by atoms with Crippen LogP contribution in [0.1, 0.15) is 38.3 Å². The molecule has 0 fully saturated rings. The second-order valence-corrected chi connectivity index (χ2v) is 5.61. The van der Waals surface area contributed by atoms with Crippen molar-refractivity contribution in [2.75, 3.05) is 0 Å². The van der Waals surface area contributed by atoms with Gasteiger partial charge in [0.05, 0.1) is 0 Å². The highest BCUT2D eigenvalue weighted by Crippen LogP contribution is 2.36. The largest absolute Gasteiger partial charge is 0.479 e. The van der Waals surface area contributed by atoms with Crippen LogP contribution in [0, 0.1) is 0 Å². The van der Waals surface area contributed by atoms with Crippen LogP contribution in [0.5, 0.6) is 0 Å². The summed E-state index contributed by atoms with van der Waals surface area (Å²) in [7, 11) is 0. The van der Waals surface area contributed by atoms with Gasteiger partial charge in [-0.1, -0.05) is 31.2 Å². The van der Waals surface area contributed by atoms with E-state index in [4.69, 9.17) is 0 Å². The number of carboxylic acids is 1. The van der Waals surface area contributed by atoms with Crippen LogP contribution in [0.3, 0.4) is 0 Å². The van der Waals surface area contributed by atoms with Crippen molar-refractivity contribution in [1.82, 2.24) is 4.90 Å². The Morgan fingerprint density at radius 1 is 1.30 bits per heavy atom. The Kier molecular flexibility index (Phi) is 3.84. The van der Waals surface area contributed by atoms with Crippen molar-refractivity contribution in [2.45, 2.75) is 51.6 Å². The first kappa shape index (κ1) is 14.6. The Balaban J connectivity index is 2.47. The van der Waals surface area contributed by atoms with Crippen molar-refractivity contribution < 1.29 is 14.7 Å². The van der Waals surface area contributed by atoms with Crippen LogP contribution in [0.15, 0.2) is 24.3 Å². The second kappa shape index (κ2) is 5.27. The maximum atomic E-state index is 12.1. The number of nitrogens with zero attached hydrogens (tertiary/aromatic N) is 1. The summed E-state index contributed by atoms with van der Waals surface area (Å²) in [6.07, 6.45) is 1.52. The molecule has 0 saturated carbocycles. The van der Waals surface area contributed by atoms with Gasteiger partial charge >= 0.3 is 5.97 Å². The van der Waals surface area contributed by atoms with Gasteiger partial charge in [-0.25, -0.2) is 4.79 Å². The molecule has 20 heavy (non-hydrogen) atoms. The summed E-state index contributed by atoms with van der Waals surface area (Å²) in [5, 5.41) is 9.81. The lowest BCUT2D eigenvalue weighted by atomic mass is 9.91. The Bertz CT molecular complexity index is 513. The van der Waals surface area contributed by atoms with Crippen LogP contribution in [0.25, 0.3) is 0 Å². The lowest BCUT2D eigenvalue weighted by Crippen LogP contribution is -2.60. The van der Waals surface area contributed by atoms with E-state index in [1.54, 1.807) is 4.90 Å². The topological polar surface area (TPSA) is 57.6 Å². The molecule has 4 nitrogen and oxygen atoms in total. The zero-order valence-electron chi connectivity index (χ0n) is 12.2. The lowest BCUT2D eigenvalue weighted by molar-refractivity contribution is -0.160. The number of rotatable bonds is 4. The molecule has 0 radical (unpaired) electrons. The molecule has 0 bridgehead atoms. The summed E-state index contributed by atoms with van der Waals surface area (Å²) in [6, 6.07) is 7.65. The van der Waals surface area contributed by atoms with Crippen LogP contribution in [0.2, 0.25) is 0 Å². The monoisotopic (exact) mass is 275 g/mol. The van der Waals surface area contributed by atoms with E-state index in [0.29, 0.717) is 12.8 Å². The summed E-state index contributed by atoms with van der Waals surface area (Å²) in [4.78, 5) is 25.6. The van der Waals surface area contributed by atoms with Gasteiger partial charge in [-0.05, 0) is 24.5 Å². The molecule has 0 aliphatic heterocycles. The molecule has 108 valence electrons. The zero-order chi connectivity index (χ0) is 14.9. The van der Waals surface area contributed by atoms with E-state index in [0.717, 1.165) is 17.5 Å². The number of carboxylic acid groups (broad SMARTS) is 1. The first-order valence-electron chi connectivity index (χ1n) is 7.02. The Morgan fingerprint density at radius 3 is 2.15 bits per heavy atom. The van der Waals surface area contributed by atoms with Crippen molar-refractivity contribution in [1.29, 1.82) is 0 Å². The van der Waals surface area contributed by atoms with Crippen molar-refractivity contribution >= 4 is 11.9 Å². The zero-order valence-corrected chi connectivity index (χ0v) is 12.2. The highest BCUT2D eigenvalue weighted by atomic mass is 16.4. The summed E-state index contributed by atoms with van der Waals surface area (Å²) < 4.78 is 0. The Labute approximate surface area is 119 Å². The van der Waals surface area contributed by atoms with Gasteiger partial charge in [-0.2, -0.15) is 0 Å². The molecule has 1 unspecified atom stereocenters. The van der Waals surface area contributed by atoms with E-state index in [-0.39, 0.29) is 11.9 Å². The predicted octanol–water partition coefficient (Wildman–Crippen LogP) is 2.26. The number of hydrogen-bond donors (Lipinski definition) is 1. The fourth-order valence-corrected chi connectivity index (χ4v) is 3.24. The van der Waals surface area contributed by atoms with Gasteiger partial charge in [-0.15, -0.1) is 0 Å². The minimum atomic E-state index is -1.13. The molecular formula is C16H21NO3. The van der Waals surface area contributed by atoms with Crippen LogP contribution >= 0.6 is 0 Å². The smallest absolute Gasteiger partial charge is 0.330 e. The van der Waals surface area contributed by atoms with E-state index in [2.05, 4.69) is 0 Å². The first-order chi connectivity index (χ1) is 9.42. The molecule has 1 aliphatic carbocycles. The summed E-state index contributed by atoms with van der Waals surface area (Å²) in [5.74, 6) is -1.08. The molecule has 4 heteroatoms. The van der Waals surface area contributed by atoms with Crippen LogP contribution in [-0.2, 0) is 22.4 Å². The van der Waals surface area contributed by atoms with Gasteiger partial charge in [0, 0.05) is 25.8 Å². The molecule has 0 aromatic heterocycles. The summed E-state index contributed by atoms with van der Waals surface area (Å²) >= 11 is 0. The molecule has 2 rings (SSSR count). The van der Waals surface area contributed by atoms with Gasteiger partial charge < -0.3 is 10.0 Å². The highest BCUT2D eigenvalue weighted by Gasteiger charge is 2.51. The van der Waals surface area contributed by atoms with Crippen molar-refractivity contribution in [2.24, 2.45) is 0 Å². The normalized spacial score (nSPS) is 17.4. The van der Waals surface area contributed by atoms with E-state index in [9.17, 15) is 14.7 Å². The van der Waals surface area contributed by atoms with Crippen LogP contribution in [0.4, 0.5) is 0 Å². The third kappa shape index (κ3) is 2.19. The van der Waals surface area contributed by atoms with Crippen molar-refractivity contribution in [3.8, 4) is 0 Å². The third-order valence-electron chi connectivity index (χ3n) is 4.31. The highest BCUT2D eigenvalue weighted by molar-refractivity contribution is 5.88. The average molecular weight is 275 g/mol. The van der Waals surface area contributed by atoms with E-state index >= 15 is 0 Å². The van der Waals surface area contributed by atoms with Crippen LogP contribution in [-0.4, -0.2) is 33.5 Å². The number of benzene rings is 1. The molecule has 1 N–H and O–H groups in total. The van der Waals surface area contributed by atoms with Gasteiger partial charge in [-0.3, -0.25) is 4.79 Å². The molecule has 1 aromatic carbocycles. The fourth-order valence-electron chi connectivity index (χ4n) is 3.24. The fraction of sp³-hybridized carbons (Fsp3) is 0.500. The molecule has 0 saturated heterocycles. The van der Waals surface area contributed by atoms with E-state index in [1.165, 1.54) is 6.92 Å². The minimum Gasteiger partial charge on any atom is -0.479 e. The maximum Gasteiger partial charge on any atom is 0.330 e. The number of carbonyl (C=O) groups is 2. The number of carbonyl (C=O) groups excluding carboxylic acids is 1. The molecule has 1 aliphatic rings. The molecule has 1 aromatic rings. The Morgan fingerprint density at radius 2 is 1.80 bits per heavy atom. The quantitative estimate of drug-likeness (QED) is 0.917. The second-order valence-electron chi connectivity index (χ2n) is 5.61. The lowest BCUT2D eigenvalue weighted by Gasteiger charge is -2.41. The predicted molar refractivity (Wildman–Crippen MR) is 76.5 cm³/mol. The van der Waals surface area contributed by atoms with Crippen molar-refractivity contribution in [3.05, 3.63) is 35.4 Å².